The third-order valence-corrected chi connectivity index (χ3v) is 2.22. The van der Waals surface area contributed by atoms with Crippen LogP contribution in [-0.2, 0) is 4.89 Å². The molecule has 0 bridgehead atoms. The van der Waals surface area contributed by atoms with Crippen LogP contribution in [0.4, 0.5) is 0 Å². The van der Waals surface area contributed by atoms with Crippen molar-refractivity contribution in [2.45, 2.75) is 44.3 Å². The van der Waals surface area contributed by atoms with E-state index in [0.29, 0.717) is 0 Å². The highest BCUT2D eigenvalue weighted by atomic mass is 17.1. The summed E-state index contributed by atoms with van der Waals surface area (Å²) in [5.74, 6) is 0. The summed E-state index contributed by atoms with van der Waals surface area (Å²) in [5, 5.41) is 17.9. The van der Waals surface area contributed by atoms with E-state index in [1.54, 1.807) is 6.92 Å². The van der Waals surface area contributed by atoms with Crippen LogP contribution in [0.5, 0.6) is 0 Å². The minimum Gasteiger partial charge on any atom is -0.387 e. The van der Waals surface area contributed by atoms with E-state index in [-0.39, 0.29) is 6.10 Å². The van der Waals surface area contributed by atoms with E-state index in [0.717, 1.165) is 25.7 Å². The minimum atomic E-state index is -0.826. The van der Waals surface area contributed by atoms with E-state index in [1.165, 1.54) is 0 Å². The summed E-state index contributed by atoms with van der Waals surface area (Å²) in [5.41, 5.74) is -0.826. The second kappa shape index (κ2) is 2.86. The summed E-state index contributed by atoms with van der Waals surface area (Å²) in [6, 6.07) is 0. The molecule has 3 nitrogen and oxygen atoms in total. The van der Waals surface area contributed by atoms with Gasteiger partial charge in [-0.1, -0.05) is 12.8 Å². The lowest BCUT2D eigenvalue weighted by Crippen LogP contribution is -2.43. The number of rotatable bonds is 1. The second-order valence-electron chi connectivity index (χ2n) is 3.20. The van der Waals surface area contributed by atoms with Crippen molar-refractivity contribution >= 4 is 0 Å². The number of aliphatic hydroxyl groups is 1. The summed E-state index contributed by atoms with van der Waals surface area (Å²) >= 11 is 0. The van der Waals surface area contributed by atoms with Gasteiger partial charge >= 0.3 is 0 Å². The van der Waals surface area contributed by atoms with Crippen molar-refractivity contribution in [3.8, 4) is 0 Å². The van der Waals surface area contributed by atoms with Gasteiger partial charge in [0.15, 0.2) is 0 Å². The van der Waals surface area contributed by atoms with Crippen molar-refractivity contribution in [1.29, 1.82) is 0 Å². The molecule has 0 saturated heterocycles. The fraction of sp³-hybridized carbons (Fsp3) is 1.00. The molecule has 1 saturated carbocycles. The molecule has 1 aliphatic rings. The van der Waals surface area contributed by atoms with Gasteiger partial charge < -0.3 is 5.11 Å². The molecule has 2 N–H and O–H groups in total. The Labute approximate surface area is 60.6 Å². The van der Waals surface area contributed by atoms with Gasteiger partial charge in [0.25, 0.3) is 0 Å². The fourth-order valence-electron chi connectivity index (χ4n) is 1.45. The number of hydrogen-bond donors (Lipinski definition) is 2. The zero-order valence-electron chi connectivity index (χ0n) is 6.21. The van der Waals surface area contributed by atoms with Gasteiger partial charge in [-0.05, 0) is 19.8 Å². The largest absolute Gasteiger partial charge is 0.387 e. The van der Waals surface area contributed by atoms with Crippen molar-refractivity contribution in [2.24, 2.45) is 0 Å². The second-order valence-corrected chi connectivity index (χ2v) is 3.20. The topological polar surface area (TPSA) is 49.7 Å². The van der Waals surface area contributed by atoms with E-state index >= 15 is 0 Å². The lowest BCUT2D eigenvalue weighted by molar-refractivity contribution is -0.319. The normalized spacial score (nSPS) is 41.7. The Balaban J connectivity index is 2.51. The maximum Gasteiger partial charge on any atom is 0.121 e. The predicted octanol–water partition coefficient (Wildman–Crippen LogP) is 1.17. The summed E-state index contributed by atoms with van der Waals surface area (Å²) < 4.78 is 0. The van der Waals surface area contributed by atoms with Gasteiger partial charge in [-0.2, -0.15) is 0 Å². The van der Waals surface area contributed by atoms with Crippen molar-refractivity contribution in [3.05, 3.63) is 0 Å². The zero-order valence-corrected chi connectivity index (χ0v) is 6.21. The third kappa shape index (κ3) is 1.48. The van der Waals surface area contributed by atoms with Crippen LogP contribution in [0.2, 0.25) is 0 Å². The first-order valence-electron chi connectivity index (χ1n) is 3.69. The molecule has 1 aliphatic carbocycles. The molecule has 0 aromatic carbocycles. The van der Waals surface area contributed by atoms with Crippen LogP contribution in [-0.4, -0.2) is 22.1 Å². The highest BCUT2D eigenvalue weighted by Gasteiger charge is 2.35. The molecule has 0 aliphatic heterocycles. The van der Waals surface area contributed by atoms with Gasteiger partial charge in [-0.25, -0.2) is 4.89 Å². The van der Waals surface area contributed by atoms with E-state index in [4.69, 9.17) is 5.26 Å². The molecule has 0 amide bonds. The minimum absolute atomic E-state index is 0.388. The Bertz CT molecular complexity index is 111. The molecule has 0 aromatic heterocycles. The molecule has 2 unspecified atom stereocenters. The van der Waals surface area contributed by atoms with Gasteiger partial charge in [0.1, 0.15) is 6.10 Å². The third-order valence-electron chi connectivity index (χ3n) is 2.22. The molecule has 0 aromatic rings. The molecular formula is C7H14O3. The van der Waals surface area contributed by atoms with Gasteiger partial charge in [-0.3, -0.25) is 5.26 Å². The Hall–Kier alpha value is -0.120. The van der Waals surface area contributed by atoms with E-state index in [1.807, 2.05) is 0 Å². The van der Waals surface area contributed by atoms with Crippen molar-refractivity contribution in [2.75, 3.05) is 0 Å². The average molecular weight is 146 g/mol. The standard InChI is InChI=1S/C7H14O3/c1-7(8)5-3-2-4-6(7)10-9/h6,8-9H,2-5H2,1H3. The van der Waals surface area contributed by atoms with Gasteiger partial charge in [0.05, 0.1) is 5.60 Å². The van der Waals surface area contributed by atoms with Crippen LogP contribution in [0.1, 0.15) is 32.6 Å². The first-order valence-corrected chi connectivity index (χ1v) is 3.69. The lowest BCUT2D eigenvalue weighted by Gasteiger charge is -2.34. The highest BCUT2D eigenvalue weighted by molar-refractivity contribution is 4.86. The van der Waals surface area contributed by atoms with Crippen LogP contribution in [0.3, 0.4) is 0 Å². The molecule has 1 rings (SSSR count). The maximum absolute atomic E-state index is 9.55. The summed E-state index contributed by atoms with van der Waals surface area (Å²) in [6.45, 7) is 1.70. The summed E-state index contributed by atoms with van der Waals surface area (Å²) in [6.07, 6.45) is 3.14. The van der Waals surface area contributed by atoms with Crippen LogP contribution < -0.4 is 0 Å². The quantitative estimate of drug-likeness (QED) is 0.431. The molecule has 0 heterocycles. The number of hydrogen-bond acceptors (Lipinski definition) is 3. The zero-order chi connectivity index (χ0) is 7.61. The smallest absolute Gasteiger partial charge is 0.121 e. The SMILES string of the molecule is CC1(O)CCCCC1OO. The molecular weight excluding hydrogens is 132 g/mol. The molecule has 10 heavy (non-hydrogen) atoms. The lowest BCUT2D eigenvalue weighted by atomic mass is 9.84. The van der Waals surface area contributed by atoms with Crippen LogP contribution >= 0.6 is 0 Å². The molecule has 3 heteroatoms. The Morgan fingerprint density at radius 3 is 2.60 bits per heavy atom. The Morgan fingerprint density at radius 1 is 1.50 bits per heavy atom. The van der Waals surface area contributed by atoms with Crippen molar-refractivity contribution < 1.29 is 15.3 Å². The maximum atomic E-state index is 9.55. The predicted molar refractivity (Wildman–Crippen MR) is 36.6 cm³/mol. The van der Waals surface area contributed by atoms with Crippen LogP contribution in [0.15, 0.2) is 0 Å². The summed E-state index contributed by atoms with van der Waals surface area (Å²) in [7, 11) is 0. The highest BCUT2D eigenvalue weighted by Crippen LogP contribution is 2.29. The van der Waals surface area contributed by atoms with Crippen LogP contribution in [0.25, 0.3) is 0 Å². The van der Waals surface area contributed by atoms with Crippen molar-refractivity contribution in [1.82, 2.24) is 0 Å². The molecule has 0 spiro atoms. The molecule has 0 radical (unpaired) electrons. The average Bonchev–Trinajstić information content (AvgIpc) is 1.87. The van der Waals surface area contributed by atoms with Gasteiger partial charge in [0, 0.05) is 0 Å². The Kier molecular flexibility index (Phi) is 2.28. The molecule has 60 valence electrons. The van der Waals surface area contributed by atoms with Crippen molar-refractivity contribution in [3.63, 3.8) is 0 Å². The van der Waals surface area contributed by atoms with Crippen LogP contribution in [0, 0.1) is 0 Å². The van der Waals surface area contributed by atoms with Gasteiger partial charge in [0.2, 0.25) is 0 Å². The fourth-order valence-corrected chi connectivity index (χ4v) is 1.45. The van der Waals surface area contributed by atoms with Gasteiger partial charge in [-0.15, -0.1) is 0 Å². The van der Waals surface area contributed by atoms with E-state index in [2.05, 4.69) is 4.89 Å². The van der Waals surface area contributed by atoms with E-state index < -0.39 is 5.60 Å². The summed E-state index contributed by atoms with van der Waals surface area (Å²) in [4.78, 5) is 4.16. The van der Waals surface area contributed by atoms with E-state index in [9.17, 15) is 5.11 Å². The monoisotopic (exact) mass is 146 g/mol. The first kappa shape index (κ1) is 7.98. The molecule has 1 fully saturated rings. The first-order chi connectivity index (χ1) is 4.67. The molecule has 2 atom stereocenters. The Morgan fingerprint density at radius 2 is 2.20 bits per heavy atom.